The molecule has 0 bridgehead atoms. The summed E-state index contributed by atoms with van der Waals surface area (Å²) in [4.78, 5) is 10.5. The van der Waals surface area contributed by atoms with E-state index in [1.54, 1.807) is 0 Å². The summed E-state index contributed by atoms with van der Waals surface area (Å²) in [6.07, 6.45) is 7.85. The fourth-order valence-electron chi connectivity index (χ4n) is 4.30. The lowest BCUT2D eigenvalue weighted by Gasteiger charge is -2.18. The zero-order chi connectivity index (χ0) is 17.7. The van der Waals surface area contributed by atoms with Crippen LogP contribution in [0.2, 0.25) is 0 Å². The first-order valence-electron chi connectivity index (χ1n) is 9.43. The number of rotatable bonds is 3. The molecule has 1 N–H and O–H groups in total. The van der Waals surface area contributed by atoms with E-state index < -0.39 is 0 Å². The van der Waals surface area contributed by atoms with Crippen LogP contribution >= 0.6 is 0 Å². The summed E-state index contributed by atoms with van der Waals surface area (Å²) in [5, 5.41) is 1.33. The normalized spacial score (nSPS) is 18.3. The molecule has 0 aliphatic carbocycles. The number of hydrogen-bond donors (Lipinski definition) is 1. The number of aromatic nitrogens is 3. The van der Waals surface area contributed by atoms with Gasteiger partial charge in [0.25, 0.3) is 0 Å². The van der Waals surface area contributed by atoms with Gasteiger partial charge in [-0.2, -0.15) is 0 Å². The second-order valence-corrected chi connectivity index (χ2v) is 7.63. The number of benzene rings is 2. The molecule has 0 radical (unpaired) electrons. The van der Waals surface area contributed by atoms with E-state index in [0.717, 1.165) is 17.5 Å². The highest BCUT2D eigenvalue weighted by Crippen LogP contribution is 2.28. The molecule has 132 valence electrons. The van der Waals surface area contributed by atoms with E-state index >= 15 is 0 Å². The van der Waals surface area contributed by atoms with Crippen LogP contribution in [0.5, 0.6) is 0 Å². The van der Waals surface area contributed by atoms with Gasteiger partial charge in [0.15, 0.2) is 0 Å². The third-order valence-corrected chi connectivity index (χ3v) is 5.86. The molecule has 1 aliphatic rings. The number of fused-ring (bicyclic) bond motifs is 2. The Bertz CT molecular complexity index is 1090. The highest BCUT2D eigenvalue weighted by Gasteiger charge is 2.22. The average molecular weight is 344 g/mol. The lowest BCUT2D eigenvalue weighted by atomic mass is 10.0. The van der Waals surface area contributed by atoms with Gasteiger partial charge >= 0.3 is 0 Å². The van der Waals surface area contributed by atoms with Crippen molar-refractivity contribution in [2.24, 2.45) is 0 Å². The SMILES string of the molecule is Cc1ccc2c(c1)ncn2-c1ccc2[nH]cc(C[C@H]3CCCN3C)c2c1. The van der Waals surface area contributed by atoms with E-state index in [2.05, 4.69) is 76.0 Å². The highest BCUT2D eigenvalue weighted by atomic mass is 15.1. The first kappa shape index (κ1) is 15.6. The van der Waals surface area contributed by atoms with E-state index in [0.29, 0.717) is 6.04 Å². The zero-order valence-electron chi connectivity index (χ0n) is 15.4. The summed E-state index contributed by atoms with van der Waals surface area (Å²) in [6, 6.07) is 13.8. The van der Waals surface area contributed by atoms with Crippen LogP contribution in [0.4, 0.5) is 0 Å². The molecule has 1 fully saturated rings. The third-order valence-electron chi connectivity index (χ3n) is 5.86. The molecular formula is C22H24N4. The molecule has 1 atom stereocenters. The van der Waals surface area contributed by atoms with Crippen molar-refractivity contribution in [3.8, 4) is 5.69 Å². The molecule has 26 heavy (non-hydrogen) atoms. The molecule has 4 aromatic rings. The van der Waals surface area contributed by atoms with Gasteiger partial charge in [0.2, 0.25) is 0 Å². The van der Waals surface area contributed by atoms with Gasteiger partial charge < -0.3 is 9.88 Å². The maximum absolute atomic E-state index is 4.59. The Labute approximate surface area is 153 Å². The Morgan fingerprint density at radius 1 is 1.19 bits per heavy atom. The Morgan fingerprint density at radius 3 is 2.96 bits per heavy atom. The Kier molecular flexibility index (Phi) is 3.61. The van der Waals surface area contributed by atoms with Crippen molar-refractivity contribution < 1.29 is 0 Å². The number of hydrogen-bond acceptors (Lipinski definition) is 2. The third kappa shape index (κ3) is 2.53. The Balaban J connectivity index is 1.57. The van der Waals surface area contributed by atoms with Crippen LogP contribution in [-0.2, 0) is 6.42 Å². The number of likely N-dealkylation sites (N-methyl/N-ethyl adjacent to an activating group) is 1. The van der Waals surface area contributed by atoms with Crippen molar-refractivity contribution in [3.05, 3.63) is 60.0 Å². The maximum Gasteiger partial charge on any atom is 0.100 e. The molecule has 4 heteroatoms. The maximum atomic E-state index is 4.59. The van der Waals surface area contributed by atoms with Crippen LogP contribution in [0.1, 0.15) is 24.0 Å². The summed E-state index contributed by atoms with van der Waals surface area (Å²) in [5.41, 5.74) is 7.25. The minimum absolute atomic E-state index is 0.662. The van der Waals surface area contributed by atoms with E-state index in [1.165, 1.54) is 47.1 Å². The van der Waals surface area contributed by atoms with Gasteiger partial charge in [-0.25, -0.2) is 4.98 Å². The molecule has 2 aromatic heterocycles. The van der Waals surface area contributed by atoms with Gasteiger partial charge in [-0.1, -0.05) is 6.07 Å². The summed E-state index contributed by atoms with van der Waals surface area (Å²) < 4.78 is 2.19. The number of aromatic amines is 1. The van der Waals surface area contributed by atoms with Crippen molar-refractivity contribution in [1.29, 1.82) is 0 Å². The van der Waals surface area contributed by atoms with Crippen molar-refractivity contribution >= 4 is 21.9 Å². The number of H-pyrrole nitrogens is 1. The van der Waals surface area contributed by atoms with Crippen LogP contribution < -0.4 is 0 Å². The molecule has 4 nitrogen and oxygen atoms in total. The van der Waals surface area contributed by atoms with Crippen LogP contribution in [0.25, 0.3) is 27.6 Å². The first-order valence-corrected chi connectivity index (χ1v) is 9.43. The Morgan fingerprint density at radius 2 is 2.12 bits per heavy atom. The van der Waals surface area contributed by atoms with Gasteiger partial charge in [-0.3, -0.25) is 4.57 Å². The van der Waals surface area contributed by atoms with Crippen molar-refractivity contribution in [3.63, 3.8) is 0 Å². The predicted molar refractivity (Wildman–Crippen MR) is 107 cm³/mol. The van der Waals surface area contributed by atoms with Gasteiger partial charge in [-0.05, 0) is 81.2 Å². The summed E-state index contributed by atoms with van der Waals surface area (Å²) in [5.74, 6) is 0. The topological polar surface area (TPSA) is 36.9 Å². The average Bonchev–Trinajstić information content (AvgIpc) is 3.34. The van der Waals surface area contributed by atoms with Crippen molar-refractivity contribution in [1.82, 2.24) is 19.4 Å². The fourth-order valence-corrected chi connectivity index (χ4v) is 4.30. The van der Waals surface area contributed by atoms with Gasteiger partial charge in [0.05, 0.1) is 11.0 Å². The molecule has 5 rings (SSSR count). The predicted octanol–water partition coefficient (Wildman–Crippen LogP) is 4.45. The summed E-state index contributed by atoms with van der Waals surface area (Å²) in [6.45, 7) is 3.33. The summed E-state index contributed by atoms with van der Waals surface area (Å²) in [7, 11) is 2.25. The summed E-state index contributed by atoms with van der Waals surface area (Å²) >= 11 is 0. The highest BCUT2D eigenvalue weighted by molar-refractivity contribution is 5.86. The molecule has 0 saturated carbocycles. The molecule has 1 aliphatic heterocycles. The van der Waals surface area contributed by atoms with Gasteiger partial charge in [0, 0.05) is 28.8 Å². The fraction of sp³-hybridized carbons (Fsp3) is 0.318. The van der Waals surface area contributed by atoms with E-state index in [-0.39, 0.29) is 0 Å². The molecule has 0 amide bonds. The van der Waals surface area contributed by atoms with Crippen molar-refractivity contribution in [2.75, 3.05) is 13.6 Å². The number of likely N-dealkylation sites (tertiary alicyclic amines) is 1. The molecule has 1 saturated heterocycles. The van der Waals surface area contributed by atoms with E-state index in [9.17, 15) is 0 Å². The number of aryl methyl sites for hydroxylation is 1. The van der Waals surface area contributed by atoms with Crippen LogP contribution in [0.3, 0.4) is 0 Å². The minimum atomic E-state index is 0.662. The molecule has 2 aromatic carbocycles. The molecular weight excluding hydrogens is 320 g/mol. The second kappa shape index (κ2) is 5.99. The molecule has 3 heterocycles. The minimum Gasteiger partial charge on any atom is -0.361 e. The number of imidazole rings is 1. The van der Waals surface area contributed by atoms with Crippen LogP contribution in [0.15, 0.2) is 48.9 Å². The molecule has 0 unspecified atom stereocenters. The van der Waals surface area contributed by atoms with Gasteiger partial charge in [0.1, 0.15) is 6.33 Å². The number of nitrogens with one attached hydrogen (secondary N) is 1. The Hall–Kier alpha value is -2.59. The lowest BCUT2D eigenvalue weighted by Crippen LogP contribution is -2.26. The monoisotopic (exact) mass is 344 g/mol. The smallest absolute Gasteiger partial charge is 0.100 e. The second-order valence-electron chi connectivity index (χ2n) is 7.63. The van der Waals surface area contributed by atoms with E-state index in [4.69, 9.17) is 0 Å². The van der Waals surface area contributed by atoms with Gasteiger partial charge in [-0.15, -0.1) is 0 Å². The first-order chi connectivity index (χ1) is 12.7. The van der Waals surface area contributed by atoms with Crippen LogP contribution in [0, 0.1) is 6.92 Å². The molecule has 0 spiro atoms. The number of nitrogens with zero attached hydrogens (tertiary/aromatic N) is 3. The lowest BCUT2D eigenvalue weighted by molar-refractivity contribution is 0.310. The van der Waals surface area contributed by atoms with E-state index in [1.807, 2.05) is 6.33 Å². The quantitative estimate of drug-likeness (QED) is 0.596. The van der Waals surface area contributed by atoms with Crippen molar-refractivity contribution in [2.45, 2.75) is 32.2 Å². The standard InChI is InChI=1S/C22H24N4/c1-15-5-8-22-21(10-15)24-14-26(22)18-6-7-20-19(12-18)16(13-23-20)11-17-4-3-9-25(17)2/h5-8,10,12-14,17,23H,3-4,9,11H2,1-2H3/t17-/m1/s1. The zero-order valence-corrected chi connectivity index (χ0v) is 15.4. The van der Waals surface area contributed by atoms with Crippen LogP contribution in [-0.4, -0.2) is 39.1 Å². The largest absolute Gasteiger partial charge is 0.361 e.